The Bertz CT molecular complexity index is 1290. The molecule has 0 spiro atoms. The summed E-state index contributed by atoms with van der Waals surface area (Å²) < 4.78 is 43.5. The standard InChI is InChI=1S/C20H18ClF3N6OS/c1-3-11-5-6-16(32-11)13-7-17(20(22,23)24)30-18(26-13)8-14(28-30)19(31)25-9-15-12(21)10-29(4-2)27-15/h5-8,10H,3-4,9H2,1-2H3,(H,25,31). The van der Waals surface area contributed by atoms with E-state index in [9.17, 15) is 18.0 Å². The van der Waals surface area contributed by atoms with Crippen LogP contribution < -0.4 is 5.32 Å². The van der Waals surface area contributed by atoms with Gasteiger partial charge in [-0.15, -0.1) is 11.3 Å². The summed E-state index contributed by atoms with van der Waals surface area (Å²) in [5, 5.41) is 11.1. The largest absolute Gasteiger partial charge is 0.433 e. The van der Waals surface area contributed by atoms with Crippen LogP contribution in [0.25, 0.3) is 16.2 Å². The van der Waals surface area contributed by atoms with Crippen molar-refractivity contribution in [2.24, 2.45) is 0 Å². The molecule has 4 aromatic rings. The van der Waals surface area contributed by atoms with Gasteiger partial charge in [-0.2, -0.15) is 23.4 Å². The van der Waals surface area contributed by atoms with E-state index in [-0.39, 0.29) is 23.6 Å². The summed E-state index contributed by atoms with van der Waals surface area (Å²) in [7, 11) is 0. The smallest absolute Gasteiger partial charge is 0.345 e. The molecule has 4 aromatic heterocycles. The third-order valence-electron chi connectivity index (χ3n) is 4.74. The SMILES string of the molecule is CCc1ccc(-c2cc(C(F)(F)F)n3nc(C(=O)NCc4nn(CC)cc4Cl)cc3n2)s1. The molecule has 1 amide bonds. The fourth-order valence-electron chi connectivity index (χ4n) is 3.09. The molecule has 4 rings (SSSR count). The van der Waals surface area contributed by atoms with Gasteiger partial charge in [-0.1, -0.05) is 18.5 Å². The minimum atomic E-state index is -4.68. The number of fused-ring (bicyclic) bond motifs is 1. The maximum absolute atomic E-state index is 13.7. The highest BCUT2D eigenvalue weighted by Crippen LogP contribution is 2.34. The van der Waals surface area contributed by atoms with E-state index >= 15 is 0 Å². The Kier molecular flexibility index (Phi) is 5.95. The number of aryl methyl sites for hydroxylation is 2. The number of halogens is 4. The van der Waals surface area contributed by atoms with Crippen molar-refractivity contribution >= 4 is 34.5 Å². The lowest BCUT2D eigenvalue weighted by Crippen LogP contribution is -2.24. The molecule has 7 nitrogen and oxygen atoms in total. The second-order valence-corrected chi connectivity index (χ2v) is 8.48. The van der Waals surface area contributed by atoms with Gasteiger partial charge in [0.2, 0.25) is 0 Å². The zero-order valence-electron chi connectivity index (χ0n) is 17.1. The first kappa shape index (κ1) is 22.3. The highest BCUT2D eigenvalue weighted by molar-refractivity contribution is 7.15. The number of hydrogen-bond donors (Lipinski definition) is 1. The van der Waals surface area contributed by atoms with Crippen LogP contribution in [0.4, 0.5) is 13.2 Å². The normalized spacial score (nSPS) is 11.9. The summed E-state index contributed by atoms with van der Waals surface area (Å²) in [5.74, 6) is -0.656. The molecule has 0 bridgehead atoms. The van der Waals surface area contributed by atoms with Crippen LogP contribution in [0.5, 0.6) is 0 Å². The Balaban J connectivity index is 1.67. The monoisotopic (exact) mass is 482 g/mol. The van der Waals surface area contributed by atoms with E-state index in [1.807, 2.05) is 19.9 Å². The number of rotatable bonds is 6. The van der Waals surface area contributed by atoms with Crippen molar-refractivity contribution in [3.05, 3.63) is 57.4 Å². The topological polar surface area (TPSA) is 77.1 Å². The molecule has 0 aliphatic heterocycles. The van der Waals surface area contributed by atoms with Gasteiger partial charge in [-0.25, -0.2) is 9.50 Å². The van der Waals surface area contributed by atoms with Gasteiger partial charge in [0.25, 0.3) is 5.91 Å². The number of aromatic nitrogens is 5. The van der Waals surface area contributed by atoms with Crippen molar-refractivity contribution in [2.75, 3.05) is 0 Å². The number of nitrogens with one attached hydrogen (secondary N) is 1. The molecule has 0 aromatic carbocycles. The summed E-state index contributed by atoms with van der Waals surface area (Å²) in [6.07, 6.45) is -2.28. The quantitative estimate of drug-likeness (QED) is 0.426. The van der Waals surface area contributed by atoms with Gasteiger partial charge in [0.05, 0.1) is 22.1 Å². The molecule has 0 radical (unpaired) electrons. The van der Waals surface area contributed by atoms with Crippen LogP contribution in [0.3, 0.4) is 0 Å². The maximum atomic E-state index is 13.7. The third kappa shape index (κ3) is 4.35. The fraction of sp³-hybridized carbons (Fsp3) is 0.300. The first-order valence-electron chi connectivity index (χ1n) is 9.76. The molecule has 4 heterocycles. The molecule has 0 aliphatic rings. The molecule has 32 heavy (non-hydrogen) atoms. The lowest BCUT2D eigenvalue weighted by molar-refractivity contribution is -0.142. The van der Waals surface area contributed by atoms with Crippen LogP contribution in [0.1, 0.15) is 40.6 Å². The van der Waals surface area contributed by atoms with E-state index in [2.05, 4.69) is 20.5 Å². The summed E-state index contributed by atoms with van der Waals surface area (Å²) in [5.41, 5.74) is -0.635. The molecular formula is C20H18ClF3N6OS. The van der Waals surface area contributed by atoms with Gasteiger partial charge < -0.3 is 5.32 Å². The Morgan fingerprint density at radius 1 is 1.22 bits per heavy atom. The molecule has 168 valence electrons. The third-order valence-corrected chi connectivity index (χ3v) is 6.31. The van der Waals surface area contributed by atoms with Crippen LogP contribution in [0.15, 0.2) is 30.5 Å². The van der Waals surface area contributed by atoms with E-state index in [0.717, 1.165) is 17.4 Å². The van der Waals surface area contributed by atoms with E-state index in [1.54, 1.807) is 16.9 Å². The summed E-state index contributed by atoms with van der Waals surface area (Å²) in [6.45, 7) is 4.48. The molecular weight excluding hydrogens is 465 g/mol. The van der Waals surface area contributed by atoms with Crippen LogP contribution >= 0.6 is 22.9 Å². The van der Waals surface area contributed by atoms with E-state index in [1.165, 1.54) is 17.4 Å². The molecule has 0 saturated heterocycles. The van der Waals surface area contributed by atoms with Gasteiger partial charge in [0, 0.05) is 23.7 Å². The second-order valence-electron chi connectivity index (χ2n) is 6.91. The Hall–Kier alpha value is -2.92. The maximum Gasteiger partial charge on any atom is 0.433 e. The van der Waals surface area contributed by atoms with Crippen LogP contribution in [-0.4, -0.2) is 30.3 Å². The molecule has 0 aliphatic carbocycles. The molecule has 0 atom stereocenters. The van der Waals surface area contributed by atoms with Gasteiger partial charge in [-0.05, 0) is 31.5 Å². The highest BCUT2D eigenvalue weighted by Gasteiger charge is 2.35. The Labute approximate surface area is 189 Å². The minimum absolute atomic E-state index is 0.0122. The first-order chi connectivity index (χ1) is 15.2. The lowest BCUT2D eigenvalue weighted by atomic mass is 10.2. The molecule has 0 fully saturated rings. The number of thiophene rings is 1. The molecule has 0 unspecified atom stereocenters. The predicted octanol–water partition coefficient (Wildman–Crippen LogP) is 4.84. The van der Waals surface area contributed by atoms with Crippen molar-refractivity contribution in [2.45, 2.75) is 39.5 Å². The predicted molar refractivity (Wildman–Crippen MR) is 115 cm³/mol. The lowest BCUT2D eigenvalue weighted by Gasteiger charge is -2.10. The zero-order chi connectivity index (χ0) is 23.0. The van der Waals surface area contributed by atoms with Crippen molar-refractivity contribution < 1.29 is 18.0 Å². The summed E-state index contributed by atoms with van der Waals surface area (Å²) >= 11 is 7.47. The van der Waals surface area contributed by atoms with Crippen molar-refractivity contribution in [3.63, 3.8) is 0 Å². The second kappa shape index (κ2) is 8.55. The number of nitrogens with zero attached hydrogens (tertiary/aromatic N) is 5. The Morgan fingerprint density at radius 2 is 2.00 bits per heavy atom. The Morgan fingerprint density at radius 3 is 2.62 bits per heavy atom. The average molecular weight is 483 g/mol. The highest BCUT2D eigenvalue weighted by atomic mass is 35.5. The first-order valence-corrected chi connectivity index (χ1v) is 11.0. The number of carbonyl (C=O) groups excluding carboxylic acids is 1. The molecule has 12 heteroatoms. The minimum Gasteiger partial charge on any atom is -0.345 e. The number of hydrogen-bond acceptors (Lipinski definition) is 5. The molecule has 0 saturated carbocycles. The number of amides is 1. The van der Waals surface area contributed by atoms with E-state index in [0.29, 0.717) is 26.7 Å². The van der Waals surface area contributed by atoms with Gasteiger partial charge in [-0.3, -0.25) is 9.48 Å². The van der Waals surface area contributed by atoms with E-state index in [4.69, 9.17) is 11.6 Å². The molecule has 1 N–H and O–H groups in total. The van der Waals surface area contributed by atoms with Crippen LogP contribution in [-0.2, 0) is 25.7 Å². The van der Waals surface area contributed by atoms with Gasteiger partial charge in [0.15, 0.2) is 17.0 Å². The van der Waals surface area contributed by atoms with Gasteiger partial charge >= 0.3 is 6.18 Å². The van der Waals surface area contributed by atoms with Crippen molar-refractivity contribution in [1.29, 1.82) is 0 Å². The van der Waals surface area contributed by atoms with Gasteiger partial charge in [0.1, 0.15) is 5.69 Å². The average Bonchev–Trinajstić information content (AvgIpc) is 3.48. The van der Waals surface area contributed by atoms with E-state index < -0.39 is 17.8 Å². The van der Waals surface area contributed by atoms with Crippen molar-refractivity contribution in [3.8, 4) is 10.6 Å². The number of carbonyl (C=O) groups is 1. The van der Waals surface area contributed by atoms with Crippen LogP contribution in [0, 0.1) is 0 Å². The van der Waals surface area contributed by atoms with Crippen molar-refractivity contribution in [1.82, 2.24) is 29.7 Å². The number of alkyl halides is 3. The van der Waals surface area contributed by atoms with Crippen LogP contribution in [0.2, 0.25) is 5.02 Å². The summed E-state index contributed by atoms with van der Waals surface area (Å²) in [6, 6.07) is 5.78. The summed E-state index contributed by atoms with van der Waals surface area (Å²) in [4.78, 5) is 18.5. The zero-order valence-corrected chi connectivity index (χ0v) is 18.6. The fourth-order valence-corrected chi connectivity index (χ4v) is 4.22.